The summed E-state index contributed by atoms with van der Waals surface area (Å²) in [5.41, 5.74) is 0.645. The molecule has 21 heavy (non-hydrogen) atoms. The summed E-state index contributed by atoms with van der Waals surface area (Å²) in [5.74, 6) is 0.907. The maximum atomic E-state index is 12.4. The van der Waals surface area contributed by atoms with Crippen LogP contribution < -0.4 is 10.2 Å². The van der Waals surface area contributed by atoms with E-state index < -0.39 is 0 Å². The molecule has 1 aromatic rings. The number of hydrogen-bond donors (Lipinski definition) is 2. The molecule has 2 N–H and O–H groups in total. The van der Waals surface area contributed by atoms with Crippen LogP contribution in [-0.4, -0.2) is 41.7 Å². The molecule has 5 heteroatoms. The number of anilines is 1. The predicted molar refractivity (Wildman–Crippen MR) is 81.4 cm³/mol. The third kappa shape index (κ3) is 3.18. The quantitative estimate of drug-likeness (QED) is 0.883. The molecular formula is C16H23N3O2. The lowest BCUT2D eigenvalue weighted by Crippen LogP contribution is -2.34. The first-order valence-electron chi connectivity index (χ1n) is 7.92. The van der Waals surface area contributed by atoms with E-state index in [2.05, 4.69) is 15.2 Å². The average Bonchev–Trinajstić information content (AvgIpc) is 3.16. The Bertz CT molecular complexity index is 500. The highest BCUT2D eigenvalue weighted by atomic mass is 16.3. The van der Waals surface area contributed by atoms with Gasteiger partial charge in [0.1, 0.15) is 5.82 Å². The molecule has 2 aliphatic rings. The van der Waals surface area contributed by atoms with Gasteiger partial charge >= 0.3 is 0 Å². The Kier molecular flexibility index (Phi) is 4.39. The lowest BCUT2D eigenvalue weighted by Gasteiger charge is -2.20. The number of rotatable bonds is 4. The minimum absolute atomic E-state index is 0.0795. The Morgan fingerprint density at radius 1 is 1.33 bits per heavy atom. The largest absolute Gasteiger partial charge is 0.393 e. The molecule has 0 bridgehead atoms. The van der Waals surface area contributed by atoms with Crippen LogP contribution in [0.15, 0.2) is 18.3 Å². The zero-order chi connectivity index (χ0) is 14.7. The highest BCUT2D eigenvalue weighted by Crippen LogP contribution is 2.25. The van der Waals surface area contributed by atoms with E-state index >= 15 is 0 Å². The van der Waals surface area contributed by atoms with Gasteiger partial charge in [-0.15, -0.1) is 0 Å². The summed E-state index contributed by atoms with van der Waals surface area (Å²) in [5, 5.41) is 12.8. The zero-order valence-corrected chi connectivity index (χ0v) is 12.3. The summed E-state index contributed by atoms with van der Waals surface area (Å²) in [6, 6.07) is 3.64. The molecule has 0 radical (unpaired) electrons. The number of aromatic nitrogens is 1. The maximum Gasteiger partial charge on any atom is 0.255 e. The Hall–Kier alpha value is -1.62. The van der Waals surface area contributed by atoms with Crippen molar-refractivity contribution in [2.45, 2.75) is 38.2 Å². The van der Waals surface area contributed by atoms with Gasteiger partial charge in [0.25, 0.3) is 5.91 Å². The standard InChI is InChI=1S/C16H23N3O2/c20-14-7-3-5-12(14)11-18-16(21)13-6-4-8-17-15(13)19-9-1-2-10-19/h4,6,8,12,14,20H,1-3,5,7,9-11H2,(H,18,21). The molecule has 1 saturated carbocycles. The Morgan fingerprint density at radius 3 is 2.86 bits per heavy atom. The zero-order valence-electron chi connectivity index (χ0n) is 12.3. The van der Waals surface area contributed by atoms with Gasteiger partial charge in [-0.25, -0.2) is 4.98 Å². The van der Waals surface area contributed by atoms with Crippen molar-refractivity contribution in [1.29, 1.82) is 0 Å². The smallest absolute Gasteiger partial charge is 0.255 e. The lowest BCUT2D eigenvalue weighted by atomic mass is 10.1. The normalized spacial score (nSPS) is 25.3. The Balaban J connectivity index is 1.66. The number of nitrogens with zero attached hydrogens (tertiary/aromatic N) is 2. The molecule has 1 aliphatic carbocycles. The Morgan fingerprint density at radius 2 is 2.14 bits per heavy atom. The van der Waals surface area contributed by atoms with Crippen molar-refractivity contribution in [2.24, 2.45) is 5.92 Å². The average molecular weight is 289 g/mol. The van der Waals surface area contributed by atoms with E-state index in [4.69, 9.17) is 0 Å². The molecule has 0 aromatic carbocycles. The second-order valence-corrected chi connectivity index (χ2v) is 6.04. The summed E-state index contributed by atoms with van der Waals surface area (Å²) in [6.45, 7) is 2.49. The van der Waals surface area contributed by atoms with Crippen LogP contribution in [0.4, 0.5) is 5.82 Å². The Labute approximate surface area is 125 Å². The van der Waals surface area contributed by atoms with Gasteiger partial charge in [0.05, 0.1) is 11.7 Å². The van der Waals surface area contributed by atoms with Crippen LogP contribution in [0.25, 0.3) is 0 Å². The number of aliphatic hydroxyl groups is 1. The number of nitrogens with one attached hydrogen (secondary N) is 1. The van der Waals surface area contributed by atoms with Crippen molar-refractivity contribution in [3.63, 3.8) is 0 Å². The van der Waals surface area contributed by atoms with E-state index in [1.165, 1.54) is 0 Å². The molecule has 1 aromatic heterocycles. The van der Waals surface area contributed by atoms with E-state index in [9.17, 15) is 9.90 Å². The number of carbonyl (C=O) groups excluding carboxylic acids is 1. The summed E-state index contributed by atoms with van der Waals surface area (Å²) in [4.78, 5) is 19.0. The first-order valence-corrected chi connectivity index (χ1v) is 7.92. The van der Waals surface area contributed by atoms with Crippen molar-refractivity contribution in [3.05, 3.63) is 23.9 Å². The van der Waals surface area contributed by atoms with Crippen molar-refractivity contribution in [1.82, 2.24) is 10.3 Å². The molecule has 1 aliphatic heterocycles. The number of pyridine rings is 1. The van der Waals surface area contributed by atoms with Crippen molar-refractivity contribution >= 4 is 11.7 Å². The predicted octanol–water partition coefficient (Wildman–Crippen LogP) is 1.57. The van der Waals surface area contributed by atoms with Gasteiger partial charge in [-0.1, -0.05) is 6.42 Å². The van der Waals surface area contributed by atoms with Gasteiger partial charge in [-0.05, 0) is 37.8 Å². The van der Waals surface area contributed by atoms with Crippen LogP contribution in [0.1, 0.15) is 42.5 Å². The molecule has 2 fully saturated rings. The minimum atomic E-state index is -0.266. The summed E-state index contributed by atoms with van der Waals surface area (Å²) >= 11 is 0. The van der Waals surface area contributed by atoms with Crippen molar-refractivity contribution in [3.8, 4) is 0 Å². The van der Waals surface area contributed by atoms with Gasteiger partial charge < -0.3 is 15.3 Å². The SMILES string of the molecule is O=C(NCC1CCCC1O)c1cccnc1N1CCCC1. The van der Waals surface area contributed by atoms with E-state index in [0.717, 1.165) is 51.0 Å². The molecule has 1 saturated heterocycles. The molecular weight excluding hydrogens is 266 g/mol. The van der Waals surface area contributed by atoms with E-state index in [1.54, 1.807) is 12.3 Å². The van der Waals surface area contributed by atoms with Crippen LogP contribution in [0.3, 0.4) is 0 Å². The number of aliphatic hydroxyl groups excluding tert-OH is 1. The van der Waals surface area contributed by atoms with Crippen LogP contribution in [-0.2, 0) is 0 Å². The fraction of sp³-hybridized carbons (Fsp3) is 0.625. The van der Waals surface area contributed by atoms with Crippen LogP contribution >= 0.6 is 0 Å². The minimum Gasteiger partial charge on any atom is -0.393 e. The fourth-order valence-corrected chi connectivity index (χ4v) is 3.33. The maximum absolute atomic E-state index is 12.4. The molecule has 5 nitrogen and oxygen atoms in total. The highest BCUT2D eigenvalue weighted by molar-refractivity contribution is 5.98. The van der Waals surface area contributed by atoms with E-state index in [1.807, 2.05) is 6.07 Å². The summed E-state index contributed by atoms with van der Waals surface area (Å²) in [6.07, 6.45) is 6.69. The van der Waals surface area contributed by atoms with E-state index in [-0.39, 0.29) is 17.9 Å². The van der Waals surface area contributed by atoms with Crippen LogP contribution in [0.5, 0.6) is 0 Å². The molecule has 3 rings (SSSR count). The van der Waals surface area contributed by atoms with Crippen molar-refractivity contribution in [2.75, 3.05) is 24.5 Å². The molecule has 114 valence electrons. The summed E-state index contributed by atoms with van der Waals surface area (Å²) in [7, 11) is 0. The first-order chi connectivity index (χ1) is 10.3. The third-order valence-electron chi connectivity index (χ3n) is 4.58. The number of amides is 1. The van der Waals surface area contributed by atoms with Crippen molar-refractivity contribution < 1.29 is 9.90 Å². The molecule has 0 spiro atoms. The third-order valence-corrected chi connectivity index (χ3v) is 4.58. The monoisotopic (exact) mass is 289 g/mol. The van der Waals surface area contributed by atoms with Gasteiger partial charge in [0.15, 0.2) is 0 Å². The molecule has 2 heterocycles. The topological polar surface area (TPSA) is 65.5 Å². The number of hydrogen-bond acceptors (Lipinski definition) is 4. The van der Waals surface area contributed by atoms with Crippen LogP contribution in [0, 0.1) is 5.92 Å². The first kappa shape index (κ1) is 14.3. The van der Waals surface area contributed by atoms with Gasteiger partial charge in [0, 0.05) is 31.7 Å². The van der Waals surface area contributed by atoms with Gasteiger partial charge in [-0.2, -0.15) is 0 Å². The second kappa shape index (κ2) is 6.43. The van der Waals surface area contributed by atoms with E-state index in [0.29, 0.717) is 12.1 Å². The van der Waals surface area contributed by atoms with Gasteiger partial charge in [-0.3, -0.25) is 4.79 Å². The second-order valence-electron chi connectivity index (χ2n) is 6.04. The molecule has 2 atom stereocenters. The fourth-order valence-electron chi connectivity index (χ4n) is 3.33. The molecule has 1 amide bonds. The number of carbonyl (C=O) groups is 1. The molecule has 2 unspecified atom stereocenters. The summed E-state index contributed by atoms with van der Waals surface area (Å²) < 4.78 is 0. The lowest BCUT2D eigenvalue weighted by molar-refractivity contribution is 0.0917. The van der Waals surface area contributed by atoms with Gasteiger partial charge in [0.2, 0.25) is 0 Å². The van der Waals surface area contributed by atoms with Crippen LogP contribution in [0.2, 0.25) is 0 Å². The highest BCUT2D eigenvalue weighted by Gasteiger charge is 2.26.